The van der Waals surface area contributed by atoms with Crippen LogP contribution in [0.25, 0.3) is 0 Å². The van der Waals surface area contributed by atoms with Crippen LogP contribution in [0.3, 0.4) is 0 Å². The average Bonchev–Trinajstić information content (AvgIpc) is 2.27. The maximum Gasteiger partial charge on any atom is 0.327 e. The molecule has 0 amide bonds. The normalized spacial score (nSPS) is 12.4. The lowest BCUT2D eigenvalue weighted by molar-refractivity contribution is 0.168. The molecule has 0 rings (SSSR count). The first-order valence-electron chi connectivity index (χ1n) is 7.31. The third kappa shape index (κ3) is 7.95. The molecule has 0 saturated heterocycles. The molecule has 0 aliphatic rings. The van der Waals surface area contributed by atoms with Crippen LogP contribution >= 0.6 is 0 Å². The van der Waals surface area contributed by atoms with E-state index in [0.717, 1.165) is 26.1 Å². The van der Waals surface area contributed by atoms with Crippen LogP contribution in [0, 0.1) is 0 Å². The van der Waals surface area contributed by atoms with Crippen LogP contribution in [0.5, 0.6) is 0 Å². The molecule has 0 heterocycles. The second-order valence-corrected chi connectivity index (χ2v) is 8.41. The lowest BCUT2D eigenvalue weighted by Gasteiger charge is -2.32. The Hall–Kier alpha value is 0.137. The topological polar surface area (TPSA) is 18.5 Å². The first-order chi connectivity index (χ1) is 8.08. The zero-order chi connectivity index (χ0) is 13.1. The molecule has 0 aromatic heterocycles. The highest BCUT2D eigenvalue weighted by atomic mass is 28.3. The van der Waals surface area contributed by atoms with E-state index < -0.39 is 9.28 Å². The van der Waals surface area contributed by atoms with Crippen LogP contribution in [-0.4, -0.2) is 22.5 Å². The Morgan fingerprint density at radius 3 is 1.65 bits per heavy atom. The Morgan fingerprint density at radius 1 is 0.824 bits per heavy atom. The summed E-state index contributed by atoms with van der Waals surface area (Å²) < 4.78 is 12.1. The van der Waals surface area contributed by atoms with Crippen molar-refractivity contribution in [3.05, 3.63) is 0 Å². The van der Waals surface area contributed by atoms with Crippen molar-refractivity contribution in [1.29, 1.82) is 0 Å². The van der Waals surface area contributed by atoms with Crippen LogP contribution < -0.4 is 0 Å². The first kappa shape index (κ1) is 17.1. The monoisotopic (exact) mass is 260 g/mol. The number of hydrogen-bond acceptors (Lipinski definition) is 2. The SMILES string of the molecule is CCCCO[SiH](OCCCC)C(C)(C)CCC. The summed E-state index contributed by atoms with van der Waals surface area (Å²) in [5.41, 5.74) is 0. The van der Waals surface area contributed by atoms with Crippen LogP contribution in [0.1, 0.15) is 73.1 Å². The van der Waals surface area contributed by atoms with E-state index in [2.05, 4.69) is 34.6 Å². The molecule has 0 spiro atoms. The summed E-state index contributed by atoms with van der Waals surface area (Å²) in [5.74, 6) is 0. The van der Waals surface area contributed by atoms with Gasteiger partial charge in [-0.2, -0.15) is 0 Å². The van der Waals surface area contributed by atoms with Gasteiger partial charge in [-0.05, 0) is 19.3 Å². The van der Waals surface area contributed by atoms with Crippen molar-refractivity contribution in [3.8, 4) is 0 Å². The summed E-state index contributed by atoms with van der Waals surface area (Å²) in [5, 5.41) is 0.260. The molecular weight excluding hydrogens is 228 g/mol. The van der Waals surface area contributed by atoms with E-state index in [4.69, 9.17) is 8.85 Å². The summed E-state index contributed by atoms with van der Waals surface area (Å²) in [7, 11) is -1.52. The predicted octanol–water partition coefficient (Wildman–Crippen LogP) is 4.42. The molecule has 0 aliphatic carbocycles. The molecule has 0 saturated carbocycles. The summed E-state index contributed by atoms with van der Waals surface area (Å²) in [4.78, 5) is 0. The molecule has 0 aromatic rings. The van der Waals surface area contributed by atoms with E-state index >= 15 is 0 Å². The molecule has 0 aliphatic heterocycles. The Bertz CT molecular complexity index is 162. The highest BCUT2D eigenvalue weighted by molar-refractivity contribution is 6.48. The van der Waals surface area contributed by atoms with Crippen LogP contribution in [-0.2, 0) is 8.85 Å². The second kappa shape index (κ2) is 10.1. The van der Waals surface area contributed by atoms with Crippen molar-refractivity contribution in [2.24, 2.45) is 0 Å². The zero-order valence-corrected chi connectivity index (χ0v) is 13.7. The Kier molecular flexibility index (Phi) is 10.2. The average molecular weight is 260 g/mol. The van der Waals surface area contributed by atoms with Gasteiger partial charge < -0.3 is 8.85 Å². The van der Waals surface area contributed by atoms with Crippen molar-refractivity contribution in [3.63, 3.8) is 0 Å². The fourth-order valence-corrected chi connectivity index (χ4v) is 4.22. The summed E-state index contributed by atoms with van der Waals surface area (Å²) in [6, 6.07) is 0. The molecule has 2 nitrogen and oxygen atoms in total. The minimum absolute atomic E-state index is 0.260. The number of hydrogen-bond donors (Lipinski definition) is 0. The molecule has 3 heteroatoms. The third-order valence-electron chi connectivity index (χ3n) is 3.07. The predicted molar refractivity (Wildman–Crippen MR) is 77.8 cm³/mol. The Morgan fingerprint density at radius 2 is 1.29 bits per heavy atom. The van der Waals surface area contributed by atoms with Crippen molar-refractivity contribution in [2.75, 3.05) is 13.2 Å². The molecular formula is C14H32O2Si. The van der Waals surface area contributed by atoms with Crippen LogP contribution in [0.15, 0.2) is 0 Å². The molecule has 0 N–H and O–H groups in total. The van der Waals surface area contributed by atoms with Gasteiger partial charge in [0.1, 0.15) is 0 Å². The van der Waals surface area contributed by atoms with Gasteiger partial charge in [-0.1, -0.05) is 53.9 Å². The third-order valence-corrected chi connectivity index (χ3v) is 5.71. The quantitative estimate of drug-likeness (QED) is 0.404. The molecule has 17 heavy (non-hydrogen) atoms. The van der Waals surface area contributed by atoms with Gasteiger partial charge in [-0.3, -0.25) is 0 Å². The molecule has 104 valence electrons. The van der Waals surface area contributed by atoms with E-state index in [1.165, 1.54) is 25.7 Å². The molecule has 0 radical (unpaired) electrons. The van der Waals surface area contributed by atoms with Crippen molar-refractivity contribution >= 4 is 9.28 Å². The van der Waals surface area contributed by atoms with Crippen molar-refractivity contribution in [2.45, 2.75) is 78.2 Å². The van der Waals surface area contributed by atoms with Crippen molar-refractivity contribution < 1.29 is 8.85 Å². The molecule has 0 aromatic carbocycles. The van der Waals surface area contributed by atoms with E-state index in [1.54, 1.807) is 0 Å². The van der Waals surface area contributed by atoms with Gasteiger partial charge in [0.2, 0.25) is 0 Å². The van der Waals surface area contributed by atoms with Gasteiger partial charge >= 0.3 is 9.28 Å². The minimum atomic E-state index is -1.52. The second-order valence-electron chi connectivity index (χ2n) is 5.52. The standard InChI is InChI=1S/C14H32O2Si/c1-6-9-12-15-17(16-13-10-7-2)14(4,5)11-8-3/h17H,6-13H2,1-5H3. The van der Waals surface area contributed by atoms with Gasteiger partial charge in [0, 0.05) is 18.3 Å². The maximum absolute atomic E-state index is 6.06. The first-order valence-corrected chi connectivity index (χ1v) is 8.83. The Labute approximate surface area is 110 Å². The zero-order valence-electron chi connectivity index (χ0n) is 12.6. The lowest BCUT2D eigenvalue weighted by Crippen LogP contribution is -2.35. The minimum Gasteiger partial charge on any atom is -0.396 e. The highest BCUT2D eigenvalue weighted by Gasteiger charge is 2.33. The molecule has 0 fully saturated rings. The fraction of sp³-hybridized carbons (Fsp3) is 1.00. The summed E-state index contributed by atoms with van der Waals surface area (Å²) in [6.45, 7) is 13.0. The highest BCUT2D eigenvalue weighted by Crippen LogP contribution is 2.35. The maximum atomic E-state index is 6.06. The summed E-state index contributed by atoms with van der Waals surface area (Å²) >= 11 is 0. The van der Waals surface area contributed by atoms with Crippen LogP contribution in [0.2, 0.25) is 5.04 Å². The smallest absolute Gasteiger partial charge is 0.327 e. The van der Waals surface area contributed by atoms with Gasteiger partial charge in [0.05, 0.1) is 0 Å². The fourth-order valence-electron chi connectivity index (χ4n) is 1.93. The van der Waals surface area contributed by atoms with E-state index in [0.29, 0.717) is 0 Å². The molecule has 0 bridgehead atoms. The van der Waals surface area contributed by atoms with Gasteiger partial charge in [0.15, 0.2) is 0 Å². The van der Waals surface area contributed by atoms with Crippen LogP contribution in [0.4, 0.5) is 0 Å². The van der Waals surface area contributed by atoms with Gasteiger partial charge in [-0.15, -0.1) is 0 Å². The summed E-state index contributed by atoms with van der Waals surface area (Å²) in [6.07, 6.45) is 7.13. The van der Waals surface area contributed by atoms with E-state index in [9.17, 15) is 0 Å². The molecule has 0 atom stereocenters. The Balaban J connectivity index is 4.16. The molecule has 0 unspecified atom stereocenters. The van der Waals surface area contributed by atoms with Crippen molar-refractivity contribution in [1.82, 2.24) is 0 Å². The number of rotatable bonds is 11. The van der Waals surface area contributed by atoms with E-state index in [-0.39, 0.29) is 5.04 Å². The van der Waals surface area contributed by atoms with Gasteiger partial charge in [-0.25, -0.2) is 0 Å². The lowest BCUT2D eigenvalue weighted by atomic mass is 10.1. The van der Waals surface area contributed by atoms with E-state index in [1.807, 2.05) is 0 Å². The largest absolute Gasteiger partial charge is 0.396 e. The van der Waals surface area contributed by atoms with Gasteiger partial charge in [0.25, 0.3) is 0 Å². The number of unbranched alkanes of at least 4 members (excludes halogenated alkanes) is 2.